The Bertz CT molecular complexity index is 1550. The van der Waals surface area contributed by atoms with E-state index >= 15 is 0 Å². The van der Waals surface area contributed by atoms with Crippen molar-refractivity contribution in [2.24, 2.45) is 0 Å². The number of aromatic nitrogens is 3. The van der Waals surface area contributed by atoms with Gasteiger partial charge in [-0.3, -0.25) is 14.5 Å². The van der Waals surface area contributed by atoms with Crippen LogP contribution in [0.4, 0.5) is 18.9 Å². The second-order valence-electron chi connectivity index (χ2n) is 7.25. The molecule has 0 aliphatic rings. The minimum Gasteiger partial charge on any atom is -0.350 e. The van der Waals surface area contributed by atoms with Gasteiger partial charge in [-0.2, -0.15) is 13.2 Å². The fourth-order valence-corrected chi connectivity index (χ4v) is 4.77. The number of aromatic amines is 1. The summed E-state index contributed by atoms with van der Waals surface area (Å²) in [5.74, 6) is -0.659. The van der Waals surface area contributed by atoms with Gasteiger partial charge in [0.2, 0.25) is 5.78 Å². The van der Waals surface area contributed by atoms with Crippen LogP contribution in [0.15, 0.2) is 59.9 Å². The molecule has 0 atom stereocenters. The Labute approximate surface area is 195 Å². The molecule has 0 saturated heterocycles. The van der Waals surface area contributed by atoms with Gasteiger partial charge >= 0.3 is 11.8 Å². The lowest BCUT2D eigenvalue weighted by Crippen LogP contribution is -2.32. The molecular weight excluding hydrogens is 497 g/mol. The molecular formula is C21H15ClF3N4O4S+. The molecule has 0 fully saturated rings. The maximum absolute atomic E-state index is 13.4. The van der Waals surface area contributed by atoms with E-state index in [1.54, 1.807) is 13.0 Å². The van der Waals surface area contributed by atoms with E-state index in [0.29, 0.717) is 17.0 Å². The van der Waals surface area contributed by atoms with Crippen LogP contribution in [0.2, 0.25) is 5.02 Å². The number of alkyl halides is 3. The molecule has 34 heavy (non-hydrogen) atoms. The second kappa shape index (κ2) is 8.29. The number of sulfonamides is 1. The number of halogens is 4. The van der Waals surface area contributed by atoms with Crippen molar-refractivity contribution in [2.75, 3.05) is 4.72 Å². The Kier molecular flexibility index (Phi) is 5.74. The number of anilines is 1. The molecule has 0 aliphatic carbocycles. The van der Waals surface area contributed by atoms with Crippen LogP contribution in [0, 0.1) is 6.92 Å². The summed E-state index contributed by atoms with van der Waals surface area (Å²) in [4.78, 5) is 19.5. The molecule has 0 radical (unpaired) electrons. The average molecular weight is 512 g/mol. The molecule has 3 N–H and O–H groups in total. The third-order valence-corrected chi connectivity index (χ3v) is 6.67. The van der Waals surface area contributed by atoms with E-state index in [2.05, 4.69) is 14.7 Å². The maximum Gasteiger partial charge on any atom is 0.417 e. The summed E-state index contributed by atoms with van der Waals surface area (Å²) in [5, 5.41) is 9.74. The zero-order chi connectivity index (χ0) is 24.8. The second-order valence-corrected chi connectivity index (χ2v) is 9.33. The molecule has 3 heterocycles. The highest BCUT2D eigenvalue weighted by Gasteiger charge is 2.35. The van der Waals surface area contributed by atoms with Crippen LogP contribution in [0.3, 0.4) is 0 Å². The zero-order valence-corrected chi connectivity index (χ0v) is 18.8. The highest BCUT2D eigenvalue weighted by Crippen LogP contribution is 2.36. The van der Waals surface area contributed by atoms with E-state index < -0.39 is 37.5 Å². The molecule has 0 spiro atoms. The zero-order valence-electron chi connectivity index (χ0n) is 17.2. The number of benzene rings is 1. The summed E-state index contributed by atoms with van der Waals surface area (Å²) in [6.07, 6.45) is -0.790. The van der Waals surface area contributed by atoms with Gasteiger partial charge in [0.1, 0.15) is 11.9 Å². The number of carbonyl (C=O) groups is 1. The molecule has 13 heteroatoms. The van der Waals surface area contributed by atoms with Gasteiger partial charge in [0.05, 0.1) is 32.8 Å². The number of carbonyl (C=O) groups excluding carboxylic acids is 1. The van der Waals surface area contributed by atoms with Crippen molar-refractivity contribution >= 4 is 44.1 Å². The first-order chi connectivity index (χ1) is 15.9. The van der Waals surface area contributed by atoms with Gasteiger partial charge in [-0.1, -0.05) is 16.3 Å². The maximum atomic E-state index is 13.4. The first-order valence-corrected chi connectivity index (χ1v) is 11.4. The number of nitrogens with one attached hydrogen (secondary N) is 2. The number of pyridine rings is 2. The Morgan fingerprint density at radius 2 is 1.97 bits per heavy atom. The Morgan fingerprint density at radius 3 is 2.68 bits per heavy atom. The highest BCUT2D eigenvalue weighted by atomic mass is 35.5. The van der Waals surface area contributed by atoms with Crippen LogP contribution in [0.25, 0.3) is 11.0 Å². The molecule has 0 unspecified atom stereocenters. The standard InChI is InChI=1S/C21H14ClF3N4O4S/c1-11-10-29(31)20-13(6-8-27-20)17(11)19(30)18-16(3-2-7-26-18)28-34(32,33)12-4-5-15(22)14(9-12)21(23,24)25/h2-10,31H,1H3,(H,28,30)/p+1. The van der Waals surface area contributed by atoms with Crippen LogP contribution < -0.4 is 9.45 Å². The lowest BCUT2D eigenvalue weighted by Gasteiger charge is -2.14. The molecule has 0 bridgehead atoms. The van der Waals surface area contributed by atoms with Crippen molar-refractivity contribution < 1.29 is 36.3 Å². The number of rotatable bonds is 5. The van der Waals surface area contributed by atoms with E-state index in [1.165, 1.54) is 30.7 Å². The number of hydrogen-bond acceptors (Lipinski definition) is 5. The molecule has 0 saturated carbocycles. The normalized spacial score (nSPS) is 12.1. The van der Waals surface area contributed by atoms with Gasteiger partial charge in [-0.25, -0.2) is 13.4 Å². The SMILES string of the molecule is Cc1c[n+](O)c2[nH]ccc2c1C(=O)c1ncccc1NS(=O)(=O)c1ccc(Cl)c(C(F)(F)F)c1. The van der Waals surface area contributed by atoms with Crippen LogP contribution in [-0.4, -0.2) is 29.4 Å². The van der Waals surface area contributed by atoms with Gasteiger partial charge in [0.25, 0.3) is 10.0 Å². The highest BCUT2D eigenvalue weighted by molar-refractivity contribution is 7.92. The van der Waals surface area contributed by atoms with Crippen LogP contribution in [0.5, 0.6) is 0 Å². The van der Waals surface area contributed by atoms with E-state index in [1.807, 2.05) is 0 Å². The minimum absolute atomic E-state index is 0.159. The number of H-pyrrole nitrogens is 1. The monoisotopic (exact) mass is 511 g/mol. The largest absolute Gasteiger partial charge is 0.417 e. The molecule has 176 valence electrons. The molecule has 4 aromatic rings. The fourth-order valence-electron chi connectivity index (χ4n) is 3.46. The Hall–Kier alpha value is -3.64. The number of fused-ring (bicyclic) bond motifs is 1. The molecule has 0 aliphatic heterocycles. The summed E-state index contributed by atoms with van der Waals surface area (Å²) >= 11 is 5.58. The predicted molar refractivity (Wildman–Crippen MR) is 115 cm³/mol. The van der Waals surface area contributed by atoms with Crippen molar-refractivity contribution in [1.82, 2.24) is 9.97 Å². The average Bonchev–Trinajstić information content (AvgIpc) is 3.23. The van der Waals surface area contributed by atoms with Crippen LogP contribution in [0.1, 0.15) is 27.2 Å². The summed E-state index contributed by atoms with van der Waals surface area (Å²) in [7, 11) is -4.55. The number of hydrogen-bond donors (Lipinski definition) is 3. The van der Waals surface area contributed by atoms with E-state index in [9.17, 15) is 31.6 Å². The Morgan fingerprint density at radius 1 is 1.24 bits per heavy atom. The first-order valence-electron chi connectivity index (χ1n) is 9.51. The molecule has 0 amide bonds. The fraction of sp³-hybridized carbons (Fsp3) is 0.0952. The Balaban J connectivity index is 1.78. The predicted octanol–water partition coefficient (Wildman–Crippen LogP) is 4.10. The van der Waals surface area contributed by atoms with Gasteiger partial charge in [0.15, 0.2) is 0 Å². The van der Waals surface area contributed by atoms with Gasteiger partial charge in [-0.05, 0) is 43.3 Å². The van der Waals surface area contributed by atoms with Crippen LogP contribution >= 0.6 is 11.6 Å². The molecule has 4 rings (SSSR count). The smallest absolute Gasteiger partial charge is 0.350 e. The van der Waals surface area contributed by atoms with Gasteiger partial charge in [0, 0.05) is 17.3 Å². The summed E-state index contributed by atoms with van der Waals surface area (Å²) in [5.41, 5.74) is -1.06. The number of nitrogens with zero attached hydrogens (tertiary/aromatic N) is 2. The molecule has 1 aromatic carbocycles. The lowest BCUT2D eigenvalue weighted by molar-refractivity contribution is -0.886. The first kappa shape index (κ1) is 23.5. The van der Waals surface area contributed by atoms with Crippen LogP contribution in [-0.2, 0) is 16.2 Å². The van der Waals surface area contributed by atoms with E-state index in [4.69, 9.17) is 11.6 Å². The minimum atomic E-state index is -4.87. The quantitative estimate of drug-likeness (QED) is 0.212. The van der Waals surface area contributed by atoms with Gasteiger partial charge < -0.3 is 5.21 Å². The van der Waals surface area contributed by atoms with E-state index in [-0.39, 0.29) is 22.6 Å². The summed E-state index contributed by atoms with van der Waals surface area (Å²) in [6, 6.07) is 6.34. The molecule has 3 aromatic heterocycles. The van der Waals surface area contributed by atoms with Crippen molar-refractivity contribution in [1.29, 1.82) is 0 Å². The van der Waals surface area contributed by atoms with E-state index in [0.717, 1.165) is 16.9 Å². The van der Waals surface area contributed by atoms with Crippen molar-refractivity contribution in [3.05, 3.63) is 82.4 Å². The topological polar surface area (TPSA) is 116 Å². The summed E-state index contributed by atoms with van der Waals surface area (Å²) in [6.45, 7) is 1.57. The number of aryl methyl sites for hydroxylation is 1. The lowest BCUT2D eigenvalue weighted by atomic mass is 10.00. The number of ketones is 1. The van der Waals surface area contributed by atoms with Gasteiger partial charge in [-0.15, -0.1) is 0 Å². The van der Waals surface area contributed by atoms with Crippen molar-refractivity contribution in [3.8, 4) is 0 Å². The summed E-state index contributed by atoms with van der Waals surface area (Å²) < 4.78 is 68.3. The molecule has 8 nitrogen and oxygen atoms in total. The third-order valence-electron chi connectivity index (χ3n) is 4.98. The van der Waals surface area contributed by atoms with Crippen molar-refractivity contribution in [3.63, 3.8) is 0 Å². The van der Waals surface area contributed by atoms with Crippen molar-refractivity contribution in [2.45, 2.75) is 18.0 Å². The third kappa shape index (κ3) is 4.17.